The van der Waals surface area contributed by atoms with E-state index in [2.05, 4.69) is 25.4 Å². The van der Waals surface area contributed by atoms with Crippen LogP contribution in [0.2, 0.25) is 0 Å². The van der Waals surface area contributed by atoms with Gasteiger partial charge >= 0.3 is 0 Å². The second-order valence-electron chi connectivity index (χ2n) is 6.17. The van der Waals surface area contributed by atoms with Gasteiger partial charge in [-0.2, -0.15) is 4.98 Å². The lowest BCUT2D eigenvalue weighted by Gasteiger charge is -2.19. The summed E-state index contributed by atoms with van der Waals surface area (Å²) in [6.45, 7) is 5.74. The van der Waals surface area contributed by atoms with Crippen LogP contribution in [0.25, 0.3) is 27.9 Å². The first-order chi connectivity index (χ1) is 12.2. The molecule has 0 amide bonds. The first-order valence-electron chi connectivity index (χ1n) is 8.17. The van der Waals surface area contributed by atoms with Gasteiger partial charge in [0.05, 0.1) is 5.69 Å². The van der Waals surface area contributed by atoms with Gasteiger partial charge in [-0.25, -0.2) is 4.98 Å². The summed E-state index contributed by atoms with van der Waals surface area (Å²) in [4.78, 5) is 14.7. The fourth-order valence-electron chi connectivity index (χ4n) is 3.44. The third kappa shape index (κ3) is 2.53. The molecule has 1 aliphatic heterocycles. The molecular weight excluding hydrogens is 372 g/mol. The molecule has 5 heterocycles. The van der Waals surface area contributed by atoms with E-state index in [1.807, 2.05) is 36.0 Å². The maximum absolute atomic E-state index is 5.61. The van der Waals surface area contributed by atoms with Crippen LogP contribution >= 0.6 is 23.7 Å². The van der Waals surface area contributed by atoms with Crippen molar-refractivity contribution >= 4 is 28.7 Å². The number of halogens is 1. The normalized spacial score (nSPS) is 13.6. The second kappa shape index (κ2) is 6.46. The van der Waals surface area contributed by atoms with E-state index < -0.39 is 0 Å². The van der Waals surface area contributed by atoms with Crippen LogP contribution in [0.4, 0.5) is 0 Å². The van der Waals surface area contributed by atoms with E-state index in [4.69, 9.17) is 4.52 Å². The highest BCUT2D eigenvalue weighted by atomic mass is 35.5. The fraction of sp³-hybridized carbons (Fsp3) is 0.294. The molecule has 0 bridgehead atoms. The Labute approximate surface area is 159 Å². The van der Waals surface area contributed by atoms with Crippen LogP contribution in [0, 0.1) is 13.8 Å². The highest BCUT2D eigenvalue weighted by molar-refractivity contribution is 7.15. The molecule has 1 N–H and O–H groups in total. The van der Waals surface area contributed by atoms with Crippen molar-refractivity contribution in [1.82, 2.24) is 29.8 Å². The minimum absolute atomic E-state index is 0. The van der Waals surface area contributed by atoms with Gasteiger partial charge in [-0.05, 0) is 37.9 Å². The molecular formula is C17H17ClN6OS. The molecule has 0 saturated heterocycles. The number of fused-ring (bicyclic) bond motifs is 2. The van der Waals surface area contributed by atoms with Crippen LogP contribution in [-0.2, 0) is 13.0 Å². The average Bonchev–Trinajstić information content (AvgIpc) is 3.31. The largest absolute Gasteiger partial charge is 0.332 e. The van der Waals surface area contributed by atoms with Crippen molar-refractivity contribution in [2.24, 2.45) is 0 Å². The first-order valence-corrected chi connectivity index (χ1v) is 9.05. The maximum atomic E-state index is 5.61. The summed E-state index contributed by atoms with van der Waals surface area (Å²) in [6, 6.07) is 0. The van der Waals surface area contributed by atoms with Gasteiger partial charge in [-0.1, -0.05) is 5.16 Å². The Balaban J connectivity index is 0.00000168. The van der Waals surface area contributed by atoms with Crippen LogP contribution in [0.3, 0.4) is 0 Å². The van der Waals surface area contributed by atoms with E-state index in [0.29, 0.717) is 11.7 Å². The van der Waals surface area contributed by atoms with Crippen molar-refractivity contribution < 1.29 is 4.52 Å². The standard InChI is InChI=1S/C17H16N6OS.ClH/c1-9-13(12-3-4-18-7-11(12)8-19-9)15-21-16(24-22-15)14-10(2)20-17-23(14)5-6-25-17;/h5-6,8,18H,3-4,7H2,1-2H3;1H. The van der Waals surface area contributed by atoms with Gasteiger partial charge in [-0.15, -0.1) is 23.7 Å². The lowest BCUT2D eigenvalue weighted by atomic mass is 9.95. The Hall–Kier alpha value is -2.29. The maximum Gasteiger partial charge on any atom is 0.277 e. The number of aryl methyl sites for hydroxylation is 2. The Morgan fingerprint density at radius 1 is 1.23 bits per heavy atom. The minimum atomic E-state index is 0. The molecule has 0 atom stereocenters. The Morgan fingerprint density at radius 2 is 2.12 bits per heavy atom. The van der Waals surface area contributed by atoms with Crippen molar-refractivity contribution in [2.45, 2.75) is 26.8 Å². The smallest absolute Gasteiger partial charge is 0.277 e. The number of pyridine rings is 1. The molecule has 4 aromatic heterocycles. The van der Waals surface area contributed by atoms with Crippen molar-refractivity contribution in [2.75, 3.05) is 6.54 Å². The summed E-state index contributed by atoms with van der Waals surface area (Å²) >= 11 is 1.59. The number of hydrogen-bond acceptors (Lipinski definition) is 7. The molecule has 0 spiro atoms. The monoisotopic (exact) mass is 388 g/mol. The van der Waals surface area contributed by atoms with E-state index >= 15 is 0 Å². The summed E-state index contributed by atoms with van der Waals surface area (Å²) in [7, 11) is 0. The second-order valence-corrected chi connectivity index (χ2v) is 7.05. The van der Waals surface area contributed by atoms with Crippen LogP contribution in [0.15, 0.2) is 22.3 Å². The number of nitrogens with zero attached hydrogens (tertiary/aromatic N) is 5. The lowest BCUT2D eigenvalue weighted by Crippen LogP contribution is -2.24. The van der Waals surface area contributed by atoms with Gasteiger partial charge in [-0.3, -0.25) is 9.38 Å². The van der Waals surface area contributed by atoms with Gasteiger partial charge in [0.2, 0.25) is 5.82 Å². The number of aromatic nitrogens is 5. The molecule has 0 aliphatic carbocycles. The van der Waals surface area contributed by atoms with Crippen molar-refractivity contribution in [3.63, 3.8) is 0 Å². The summed E-state index contributed by atoms with van der Waals surface area (Å²) in [5.41, 5.74) is 6.14. The summed E-state index contributed by atoms with van der Waals surface area (Å²) < 4.78 is 7.60. The number of hydrogen-bond donors (Lipinski definition) is 1. The molecule has 0 aromatic carbocycles. The molecule has 26 heavy (non-hydrogen) atoms. The number of thiazole rings is 1. The van der Waals surface area contributed by atoms with Crippen molar-refractivity contribution in [3.8, 4) is 23.0 Å². The quantitative estimate of drug-likeness (QED) is 0.568. The van der Waals surface area contributed by atoms with E-state index in [0.717, 1.165) is 47.1 Å². The van der Waals surface area contributed by atoms with Crippen molar-refractivity contribution in [1.29, 1.82) is 0 Å². The van der Waals surface area contributed by atoms with E-state index in [1.165, 1.54) is 11.1 Å². The third-order valence-corrected chi connectivity index (χ3v) is 5.38. The average molecular weight is 389 g/mol. The third-order valence-electron chi connectivity index (χ3n) is 4.62. The number of nitrogens with one attached hydrogen (secondary N) is 1. The minimum Gasteiger partial charge on any atom is -0.332 e. The molecule has 4 aromatic rings. The lowest BCUT2D eigenvalue weighted by molar-refractivity contribution is 0.430. The van der Waals surface area contributed by atoms with Gasteiger partial charge < -0.3 is 9.84 Å². The zero-order chi connectivity index (χ0) is 17.0. The summed E-state index contributed by atoms with van der Waals surface area (Å²) in [5, 5.41) is 9.63. The van der Waals surface area contributed by atoms with Crippen LogP contribution in [0.5, 0.6) is 0 Å². The topological polar surface area (TPSA) is 81.1 Å². The van der Waals surface area contributed by atoms with Gasteiger partial charge in [0.15, 0.2) is 4.96 Å². The molecule has 7 nitrogen and oxygen atoms in total. The summed E-state index contributed by atoms with van der Waals surface area (Å²) in [5.74, 6) is 1.09. The van der Waals surface area contributed by atoms with Crippen LogP contribution in [0.1, 0.15) is 22.5 Å². The van der Waals surface area contributed by atoms with Crippen LogP contribution in [-0.4, -0.2) is 31.1 Å². The number of imidazole rings is 1. The molecule has 1 aliphatic rings. The molecule has 5 rings (SSSR count). The van der Waals surface area contributed by atoms with E-state index in [-0.39, 0.29) is 12.4 Å². The van der Waals surface area contributed by atoms with Gasteiger partial charge in [0.1, 0.15) is 5.69 Å². The molecule has 134 valence electrons. The number of rotatable bonds is 2. The molecule has 9 heteroatoms. The molecule has 0 saturated carbocycles. The van der Waals surface area contributed by atoms with Gasteiger partial charge in [0, 0.05) is 35.6 Å². The predicted molar refractivity (Wildman–Crippen MR) is 102 cm³/mol. The molecule has 0 fully saturated rings. The van der Waals surface area contributed by atoms with Crippen LogP contribution < -0.4 is 5.32 Å². The first kappa shape index (κ1) is 17.1. The SMILES string of the molecule is Cc1ncc2c(c1-c1noc(-c3c(C)nc4sccn34)n1)CCNC2.Cl. The highest BCUT2D eigenvalue weighted by Crippen LogP contribution is 2.31. The predicted octanol–water partition coefficient (Wildman–Crippen LogP) is 3.19. The molecule has 0 radical (unpaired) electrons. The van der Waals surface area contributed by atoms with E-state index in [9.17, 15) is 0 Å². The highest BCUT2D eigenvalue weighted by Gasteiger charge is 2.23. The Morgan fingerprint density at radius 3 is 3.00 bits per heavy atom. The fourth-order valence-corrected chi connectivity index (χ4v) is 4.20. The van der Waals surface area contributed by atoms with Crippen molar-refractivity contribution in [3.05, 3.63) is 40.3 Å². The Kier molecular flexibility index (Phi) is 4.26. The Bertz CT molecular complexity index is 1100. The van der Waals surface area contributed by atoms with Gasteiger partial charge in [0.25, 0.3) is 5.89 Å². The van der Waals surface area contributed by atoms with E-state index in [1.54, 1.807) is 11.3 Å². The zero-order valence-corrected chi connectivity index (χ0v) is 15.9. The summed E-state index contributed by atoms with van der Waals surface area (Å²) in [6.07, 6.45) is 4.86. The molecule has 0 unspecified atom stereocenters. The zero-order valence-electron chi connectivity index (χ0n) is 14.3.